The normalized spacial score (nSPS) is 20.3. The summed E-state index contributed by atoms with van der Waals surface area (Å²) in [4.78, 5) is 23.7. The number of hydrogen-bond donors (Lipinski definition) is 4. The van der Waals surface area contributed by atoms with Crippen LogP contribution in [0.3, 0.4) is 0 Å². The van der Waals surface area contributed by atoms with Gasteiger partial charge in [-0.05, 0) is 45.1 Å². The minimum absolute atomic E-state index is 0.0112. The highest BCUT2D eigenvalue weighted by Gasteiger charge is 2.45. The SMILES string of the molecule is CNCCCNS(=O)(=O)c1ccc(OC)c(C2(C)NC(=O)NC2=O)c1. The Hall–Kier alpha value is -2.17. The summed E-state index contributed by atoms with van der Waals surface area (Å²) >= 11 is 0. The van der Waals surface area contributed by atoms with E-state index in [1.54, 1.807) is 7.05 Å². The molecule has 0 spiro atoms. The van der Waals surface area contributed by atoms with Crippen molar-refractivity contribution >= 4 is 22.0 Å². The minimum Gasteiger partial charge on any atom is -0.496 e. The number of urea groups is 1. The van der Waals surface area contributed by atoms with Crippen LogP contribution in [0.1, 0.15) is 18.9 Å². The van der Waals surface area contributed by atoms with E-state index in [4.69, 9.17) is 4.74 Å². The Morgan fingerprint density at radius 1 is 1.24 bits per heavy atom. The van der Waals surface area contributed by atoms with Gasteiger partial charge in [-0.15, -0.1) is 0 Å². The van der Waals surface area contributed by atoms with Crippen molar-refractivity contribution in [2.75, 3.05) is 27.2 Å². The minimum atomic E-state index is -3.75. The van der Waals surface area contributed by atoms with Gasteiger partial charge in [-0.3, -0.25) is 10.1 Å². The zero-order valence-electron chi connectivity index (χ0n) is 14.3. The molecule has 9 nitrogen and oxygen atoms in total. The highest BCUT2D eigenvalue weighted by atomic mass is 32.2. The molecule has 2 rings (SSSR count). The Kier molecular flexibility index (Phi) is 5.65. The number of hydrogen-bond acceptors (Lipinski definition) is 6. The van der Waals surface area contributed by atoms with E-state index < -0.39 is 27.5 Å². The van der Waals surface area contributed by atoms with Crippen molar-refractivity contribution in [2.24, 2.45) is 0 Å². The van der Waals surface area contributed by atoms with Gasteiger partial charge >= 0.3 is 6.03 Å². The lowest BCUT2D eigenvalue weighted by molar-refractivity contribution is -0.123. The van der Waals surface area contributed by atoms with E-state index in [0.717, 1.165) is 0 Å². The predicted molar refractivity (Wildman–Crippen MR) is 90.8 cm³/mol. The smallest absolute Gasteiger partial charge is 0.322 e. The first kappa shape index (κ1) is 19.2. The van der Waals surface area contributed by atoms with Crippen molar-refractivity contribution in [2.45, 2.75) is 23.8 Å². The Labute approximate surface area is 146 Å². The van der Waals surface area contributed by atoms with Crippen molar-refractivity contribution in [3.8, 4) is 5.75 Å². The molecule has 25 heavy (non-hydrogen) atoms. The first-order valence-corrected chi connectivity index (χ1v) is 9.19. The molecule has 1 aliphatic heterocycles. The number of carbonyl (C=O) groups is 2. The van der Waals surface area contributed by atoms with Gasteiger partial charge in [0.05, 0.1) is 12.0 Å². The number of nitrogens with one attached hydrogen (secondary N) is 4. The number of sulfonamides is 1. The monoisotopic (exact) mass is 370 g/mol. The van der Waals surface area contributed by atoms with E-state index in [1.807, 2.05) is 0 Å². The summed E-state index contributed by atoms with van der Waals surface area (Å²) in [6.07, 6.45) is 0.634. The molecule has 1 atom stereocenters. The van der Waals surface area contributed by atoms with Crippen molar-refractivity contribution in [1.29, 1.82) is 0 Å². The van der Waals surface area contributed by atoms with Crippen LogP contribution in [0, 0.1) is 0 Å². The maximum Gasteiger partial charge on any atom is 0.322 e. The number of rotatable bonds is 8. The van der Waals surface area contributed by atoms with Crippen molar-refractivity contribution in [1.82, 2.24) is 20.7 Å². The Bertz CT molecular complexity index is 780. The van der Waals surface area contributed by atoms with Gasteiger partial charge in [0.1, 0.15) is 11.3 Å². The molecule has 0 aliphatic carbocycles. The summed E-state index contributed by atoms with van der Waals surface area (Å²) in [5, 5.41) is 7.59. The molecule has 1 aromatic rings. The number of methoxy groups -OCH3 is 1. The van der Waals surface area contributed by atoms with Crippen LogP contribution in [0.2, 0.25) is 0 Å². The van der Waals surface area contributed by atoms with Crippen LogP contribution >= 0.6 is 0 Å². The maximum absolute atomic E-state index is 12.5. The molecule has 3 amide bonds. The van der Waals surface area contributed by atoms with Gasteiger partial charge in [0.15, 0.2) is 0 Å². The third kappa shape index (κ3) is 3.91. The Morgan fingerprint density at radius 2 is 1.96 bits per heavy atom. The van der Waals surface area contributed by atoms with Crippen LogP contribution in [-0.4, -0.2) is 47.6 Å². The van der Waals surface area contributed by atoms with Crippen molar-refractivity contribution < 1.29 is 22.7 Å². The molecule has 1 aliphatic rings. The van der Waals surface area contributed by atoms with E-state index in [0.29, 0.717) is 18.7 Å². The molecular formula is C15H22N4O5S. The molecule has 138 valence electrons. The van der Waals surface area contributed by atoms with Gasteiger partial charge in [0.25, 0.3) is 5.91 Å². The highest BCUT2D eigenvalue weighted by Crippen LogP contribution is 2.34. The maximum atomic E-state index is 12.5. The largest absolute Gasteiger partial charge is 0.496 e. The van der Waals surface area contributed by atoms with Gasteiger partial charge in [-0.1, -0.05) is 0 Å². The topological polar surface area (TPSA) is 126 Å². The number of carbonyl (C=O) groups excluding carboxylic acids is 2. The molecule has 0 aromatic heterocycles. The van der Waals surface area contributed by atoms with Gasteiger partial charge < -0.3 is 15.4 Å². The molecule has 1 heterocycles. The predicted octanol–water partition coefficient (Wildman–Crippen LogP) is -0.362. The molecule has 1 saturated heterocycles. The second-order valence-corrected chi connectivity index (χ2v) is 7.52. The molecular weight excluding hydrogens is 348 g/mol. The first-order chi connectivity index (χ1) is 11.7. The summed E-state index contributed by atoms with van der Waals surface area (Å²) < 4.78 is 32.6. The highest BCUT2D eigenvalue weighted by molar-refractivity contribution is 7.89. The quantitative estimate of drug-likeness (QED) is 0.366. The third-order valence-electron chi connectivity index (χ3n) is 3.96. The van der Waals surface area contributed by atoms with Crippen LogP contribution < -0.4 is 25.4 Å². The van der Waals surface area contributed by atoms with Gasteiger partial charge in [0.2, 0.25) is 10.0 Å². The zero-order valence-corrected chi connectivity index (χ0v) is 15.1. The molecule has 10 heteroatoms. The standard InChI is InChI=1S/C15H22N4O5S/c1-15(13(20)18-14(21)19-15)11-9-10(5-6-12(11)24-3)25(22,23)17-8-4-7-16-2/h5-6,9,16-17H,4,7-8H2,1-3H3,(H2,18,19,20,21). The summed E-state index contributed by atoms with van der Waals surface area (Å²) in [7, 11) is -0.566. The fraction of sp³-hybridized carbons (Fsp3) is 0.467. The van der Waals surface area contributed by atoms with Crippen molar-refractivity contribution in [3.63, 3.8) is 0 Å². The van der Waals surface area contributed by atoms with Gasteiger partial charge in [-0.2, -0.15) is 0 Å². The fourth-order valence-electron chi connectivity index (χ4n) is 2.53. The Morgan fingerprint density at radius 3 is 2.52 bits per heavy atom. The summed E-state index contributed by atoms with van der Waals surface area (Å²) in [5.74, 6) is -0.277. The van der Waals surface area contributed by atoms with Crippen LogP contribution in [-0.2, 0) is 20.4 Å². The molecule has 0 bridgehead atoms. The molecule has 0 saturated carbocycles. The lowest BCUT2D eigenvalue weighted by Crippen LogP contribution is -2.41. The molecule has 4 N–H and O–H groups in total. The molecule has 1 aromatic carbocycles. The lowest BCUT2D eigenvalue weighted by Gasteiger charge is -2.24. The number of amides is 3. The summed E-state index contributed by atoms with van der Waals surface area (Å²) in [5.41, 5.74) is -1.16. The Balaban J connectivity index is 2.37. The number of benzene rings is 1. The van der Waals surface area contributed by atoms with E-state index in [-0.39, 0.29) is 17.0 Å². The number of ether oxygens (including phenoxy) is 1. The molecule has 1 fully saturated rings. The van der Waals surface area contributed by atoms with E-state index in [9.17, 15) is 18.0 Å². The summed E-state index contributed by atoms with van der Waals surface area (Å²) in [6, 6.07) is 3.54. The average molecular weight is 370 g/mol. The second-order valence-electron chi connectivity index (χ2n) is 5.75. The summed E-state index contributed by atoms with van der Waals surface area (Å²) in [6.45, 7) is 2.45. The lowest BCUT2D eigenvalue weighted by atomic mass is 9.91. The molecule has 0 radical (unpaired) electrons. The van der Waals surface area contributed by atoms with Crippen LogP contribution in [0.5, 0.6) is 5.75 Å². The van der Waals surface area contributed by atoms with E-state index >= 15 is 0 Å². The van der Waals surface area contributed by atoms with E-state index in [1.165, 1.54) is 32.2 Å². The van der Waals surface area contributed by atoms with Gasteiger partial charge in [-0.25, -0.2) is 17.9 Å². The average Bonchev–Trinajstić information content (AvgIpc) is 2.84. The van der Waals surface area contributed by atoms with E-state index in [2.05, 4.69) is 20.7 Å². The van der Waals surface area contributed by atoms with Crippen LogP contribution in [0.15, 0.2) is 23.1 Å². The fourth-order valence-corrected chi connectivity index (χ4v) is 3.63. The zero-order chi connectivity index (χ0) is 18.7. The number of imide groups is 1. The first-order valence-electron chi connectivity index (χ1n) is 7.71. The van der Waals surface area contributed by atoms with Gasteiger partial charge in [0, 0.05) is 12.1 Å². The van der Waals surface area contributed by atoms with Crippen LogP contribution in [0.4, 0.5) is 4.79 Å². The third-order valence-corrected chi connectivity index (χ3v) is 5.42. The second kappa shape index (κ2) is 7.38. The van der Waals surface area contributed by atoms with Crippen LogP contribution in [0.25, 0.3) is 0 Å². The molecule has 1 unspecified atom stereocenters. The van der Waals surface area contributed by atoms with Crippen molar-refractivity contribution in [3.05, 3.63) is 23.8 Å².